The Hall–Kier alpha value is 0.177. The van der Waals surface area contributed by atoms with Crippen LogP contribution in [0.1, 0.15) is 45.4 Å². The molecule has 1 saturated carbocycles. The average molecular weight is 242 g/mol. The van der Waals surface area contributed by atoms with Crippen LogP contribution in [0.3, 0.4) is 0 Å². The largest absolute Gasteiger partial charge is 0.381 e. The lowest BCUT2D eigenvalue weighted by Gasteiger charge is -2.20. The molecule has 0 aromatic rings. The predicted molar refractivity (Wildman–Crippen MR) is 74.8 cm³/mol. The van der Waals surface area contributed by atoms with Gasteiger partial charge in [0.05, 0.1) is 6.10 Å². The second-order valence-electron chi connectivity index (χ2n) is 6.50. The first-order valence-electron chi connectivity index (χ1n) is 7.03. The molecule has 0 radical (unpaired) electrons. The third kappa shape index (κ3) is 4.21. The lowest BCUT2D eigenvalue weighted by molar-refractivity contribution is 0.0748. The van der Waals surface area contributed by atoms with E-state index in [1.807, 2.05) is 7.11 Å². The van der Waals surface area contributed by atoms with Crippen LogP contribution >= 0.6 is 0 Å². The molecule has 0 unspecified atom stereocenters. The highest BCUT2D eigenvalue weighted by molar-refractivity contribution is 6.78. The van der Waals surface area contributed by atoms with Crippen molar-refractivity contribution in [2.45, 2.75) is 76.7 Å². The van der Waals surface area contributed by atoms with Gasteiger partial charge in [0, 0.05) is 15.2 Å². The van der Waals surface area contributed by atoms with E-state index in [4.69, 9.17) is 4.74 Å². The lowest BCUT2D eigenvalue weighted by Crippen LogP contribution is -2.24. The van der Waals surface area contributed by atoms with E-state index >= 15 is 0 Å². The van der Waals surface area contributed by atoms with Gasteiger partial charge in [0.1, 0.15) is 0 Å². The molecule has 0 aromatic carbocycles. The molecule has 3 atom stereocenters. The van der Waals surface area contributed by atoms with Gasteiger partial charge in [0.2, 0.25) is 0 Å². The summed E-state index contributed by atoms with van der Waals surface area (Å²) >= 11 is 0. The van der Waals surface area contributed by atoms with E-state index in [-0.39, 0.29) is 0 Å². The van der Waals surface area contributed by atoms with Crippen LogP contribution in [-0.4, -0.2) is 21.3 Å². The first kappa shape index (κ1) is 14.2. The van der Waals surface area contributed by atoms with E-state index in [0.29, 0.717) is 6.10 Å². The first-order chi connectivity index (χ1) is 7.50. The molecular formula is C14H30OSi. The Morgan fingerprint density at radius 3 is 2.31 bits per heavy atom. The minimum absolute atomic E-state index is 0.564. The van der Waals surface area contributed by atoms with Crippen LogP contribution in [-0.2, 0) is 4.74 Å². The quantitative estimate of drug-likeness (QED) is 0.443. The Morgan fingerprint density at radius 2 is 1.88 bits per heavy atom. The summed E-state index contributed by atoms with van der Waals surface area (Å²) in [5.74, 6) is 0.901. The normalized spacial score (nSPS) is 26.8. The Balaban J connectivity index is 2.23. The molecule has 1 aliphatic carbocycles. The minimum atomic E-state index is -0.900. The number of unbranched alkanes of at least 4 members (excludes halogenated alkanes) is 3. The maximum Gasteiger partial charge on any atom is 0.0599 e. The summed E-state index contributed by atoms with van der Waals surface area (Å²) in [5, 5.41) is 0. The highest BCUT2D eigenvalue weighted by atomic mass is 28.3. The van der Waals surface area contributed by atoms with Gasteiger partial charge in [-0.1, -0.05) is 52.2 Å². The van der Waals surface area contributed by atoms with Gasteiger partial charge in [-0.2, -0.15) is 0 Å². The van der Waals surface area contributed by atoms with Gasteiger partial charge in [-0.15, -0.1) is 0 Å². The molecule has 16 heavy (non-hydrogen) atoms. The van der Waals surface area contributed by atoms with Crippen molar-refractivity contribution in [3.63, 3.8) is 0 Å². The molecular weight excluding hydrogens is 212 g/mol. The summed E-state index contributed by atoms with van der Waals surface area (Å²) in [6, 6.07) is 0. The van der Waals surface area contributed by atoms with Gasteiger partial charge >= 0.3 is 0 Å². The van der Waals surface area contributed by atoms with Crippen molar-refractivity contribution in [3.8, 4) is 0 Å². The van der Waals surface area contributed by atoms with Crippen LogP contribution in [0.2, 0.25) is 25.2 Å². The fraction of sp³-hybridized carbons (Fsp3) is 1.00. The maximum absolute atomic E-state index is 5.70. The maximum atomic E-state index is 5.70. The van der Waals surface area contributed by atoms with Crippen molar-refractivity contribution in [1.82, 2.24) is 0 Å². The SMILES string of the molecule is CCCCCC[C@@H](OC)[C@@H]1C[C@H]1[Si](C)(C)C. The van der Waals surface area contributed by atoms with Crippen LogP contribution in [0, 0.1) is 5.92 Å². The Bertz CT molecular complexity index is 197. The first-order valence-corrected chi connectivity index (χ1v) is 10.6. The number of rotatable bonds is 8. The summed E-state index contributed by atoms with van der Waals surface area (Å²) in [6.45, 7) is 9.78. The molecule has 0 N–H and O–H groups in total. The van der Waals surface area contributed by atoms with Crippen LogP contribution in [0.25, 0.3) is 0 Å². The number of ether oxygens (including phenoxy) is 1. The molecule has 0 saturated heterocycles. The molecule has 1 nitrogen and oxygen atoms in total. The molecule has 0 bridgehead atoms. The molecule has 96 valence electrons. The molecule has 1 rings (SSSR count). The summed E-state index contributed by atoms with van der Waals surface area (Å²) in [7, 11) is 1.01. The third-order valence-electron chi connectivity index (χ3n) is 4.07. The van der Waals surface area contributed by atoms with Crippen molar-refractivity contribution in [2.24, 2.45) is 5.92 Å². The Kier molecular flexibility index (Phi) is 5.52. The van der Waals surface area contributed by atoms with Crippen molar-refractivity contribution in [2.75, 3.05) is 7.11 Å². The van der Waals surface area contributed by atoms with Crippen LogP contribution in [0.5, 0.6) is 0 Å². The summed E-state index contributed by atoms with van der Waals surface area (Å²) in [4.78, 5) is 0. The van der Waals surface area contributed by atoms with Gasteiger partial charge in [0.15, 0.2) is 0 Å². The van der Waals surface area contributed by atoms with Crippen LogP contribution in [0.15, 0.2) is 0 Å². The van der Waals surface area contributed by atoms with Crippen LogP contribution in [0.4, 0.5) is 0 Å². The highest BCUT2D eigenvalue weighted by Gasteiger charge is 2.49. The number of hydrogen-bond acceptors (Lipinski definition) is 1. The van der Waals surface area contributed by atoms with Crippen LogP contribution < -0.4 is 0 Å². The zero-order chi connectivity index (χ0) is 12.2. The Morgan fingerprint density at radius 1 is 1.19 bits per heavy atom. The van der Waals surface area contributed by atoms with Crippen molar-refractivity contribution in [1.29, 1.82) is 0 Å². The summed E-state index contributed by atoms with van der Waals surface area (Å²) in [6.07, 6.45) is 8.78. The third-order valence-corrected chi connectivity index (χ3v) is 6.96. The molecule has 1 fully saturated rings. The van der Waals surface area contributed by atoms with Gasteiger partial charge in [0.25, 0.3) is 0 Å². The highest BCUT2D eigenvalue weighted by Crippen LogP contribution is 2.54. The molecule has 2 heteroatoms. The van der Waals surface area contributed by atoms with E-state index in [0.717, 1.165) is 11.5 Å². The fourth-order valence-corrected chi connectivity index (χ4v) is 5.38. The molecule has 0 heterocycles. The van der Waals surface area contributed by atoms with E-state index in [9.17, 15) is 0 Å². The fourth-order valence-electron chi connectivity index (χ4n) is 2.90. The van der Waals surface area contributed by atoms with Crippen molar-refractivity contribution >= 4 is 8.07 Å². The van der Waals surface area contributed by atoms with Gasteiger partial charge in [-0.3, -0.25) is 0 Å². The monoisotopic (exact) mass is 242 g/mol. The molecule has 0 aliphatic heterocycles. The van der Waals surface area contributed by atoms with E-state index in [1.165, 1.54) is 38.5 Å². The Labute approximate surface area is 103 Å². The number of hydrogen-bond donors (Lipinski definition) is 0. The molecule has 1 aliphatic rings. The summed E-state index contributed by atoms with van der Waals surface area (Å²) < 4.78 is 5.70. The zero-order valence-corrected chi connectivity index (χ0v) is 12.9. The second-order valence-corrected chi connectivity index (χ2v) is 12.0. The number of methoxy groups -OCH3 is 1. The molecule has 0 spiro atoms. The lowest BCUT2D eigenvalue weighted by atomic mass is 10.1. The van der Waals surface area contributed by atoms with E-state index < -0.39 is 8.07 Å². The average Bonchev–Trinajstić information content (AvgIpc) is 2.97. The predicted octanol–water partition coefficient (Wildman–Crippen LogP) is 4.70. The molecule has 0 aromatic heterocycles. The van der Waals surface area contributed by atoms with Gasteiger partial charge in [-0.25, -0.2) is 0 Å². The zero-order valence-electron chi connectivity index (χ0n) is 11.9. The van der Waals surface area contributed by atoms with Gasteiger partial charge < -0.3 is 4.74 Å². The topological polar surface area (TPSA) is 9.23 Å². The van der Waals surface area contributed by atoms with Gasteiger partial charge in [-0.05, 0) is 24.3 Å². The second kappa shape index (κ2) is 6.20. The standard InChI is InChI=1S/C14H30OSi/c1-6-7-8-9-10-13(15-2)12-11-14(12)16(3,4)5/h12-14H,6-11H2,1-5H3/t12-,13+,14+/m0/s1. The van der Waals surface area contributed by atoms with E-state index in [2.05, 4.69) is 26.6 Å². The van der Waals surface area contributed by atoms with E-state index in [1.54, 1.807) is 0 Å². The van der Waals surface area contributed by atoms with Crippen molar-refractivity contribution in [3.05, 3.63) is 0 Å². The summed E-state index contributed by atoms with van der Waals surface area (Å²) in [5.41, 5.74) is 1.03. The van der Waals surface area contributed by atoms with Crippen molar-refractivity contribution < 1.29 is 4.74 Å². The minimum Gasteiger partial charge on any atom is -0.381 e. The smallest absolute Gasteiger partial charge is 0.0599 e. The molecule has 0 amide bonds.